The SMILES string of the molecule is Cc1cc(C2(O)CCC2)ccc1O[Si](C)(C)C(C)(C)C. The van der Waals surface area contributed by atoms with Gasteiger partial charge in [0.15, 0.2) is 0 Å². The molecular weight excluding hydrogens is 264 g/mol. The van der Waals surface area contributed by atoms with Crippen molar-refractivity contribution in [1.29, 1.82) is 0 Å². The van der Waals surface area contributed by atoms with Crippen LogP contribution in [0.5, 0.6) is 5.75 Å². The van der Waals surface area contributed by atoms with E-state index in [0.29, 0.717) is 0 Å². The monoisotopic (exact) mass is 292 g/mol. The molecule has 0 saturated heterocycles. The van der Waals surface area contributed by atoms with Gasteiger partial charge in [0.25, 0.3) is 0 Å². The van der Waals surface area contributed by atoms with E-state index in [0.717, 1.165) is 36.1 Å². The molecule has 3 heteroatoms. The molecule has 0 radical (unpaired) electrons. The third-order valence-corrected chi connectivity index (χ3v) is 9.41. The quantitative estimate of drug-likeness (QED) is 0.815. The fraction of sp³-hybridized carbons (Fsp3) is 0.647. The Morgan fingerprint density at radius 3 is 2.20 bits per heavy atom. The van der Waals surface area contributed by atoms with Gasteiger partial charge in [-0.25, -0.2) is 0 Å². The summed E-state index contributed by atoms with van der Waals surface area (Å²) in [6, 6.07) is 6.18. The lowest BCUT2D eigenvalue weighted by molar-refractivity contribution is -0.0388. The molecule has 1 aliphatic rings. The lowest BCUT2D eigenvalue weighted by atomic mass is 9.75. The molecule has 0 aromatic heterocycles. The van der Waals surface area contributed by atoms with Gasteiger partial charge in [-0.1, -0.05) is 26.8 Å². The Labute approximate surface area is 124 Å². The number of aliphatic hydroxyl groups is 1. The summed E-state index contributed by atoms with van der Waals surface area (Å²) in [5.74, 6) is 0.975. The summed E-state index contributed by atoms with van der Waals surface area (Å²) < 4.78 is 6.37. The Hall–Kier alpha value is -0.803. The van der Waals surface area contributed by atoms with Crippen LogP contribution in [0, 0.1) is 6.92 Å². The van der Waals surface area contributed by atoms with E-state index in [-0.39, 0.29) is 5.04 Å². The molecule has 2 nitrogen and oxygen atoms in total. The summed E-state index contributed by atoms with van der Waals surface area (Å²) in [5, 5.41) is 10.6. The maximum Gasteiger partial charge on any atom is 0.250 e. The van der Waals surface area contributed by atoms with E-state index in [1.54, 1.807) is 0 Å². The third kappa shape index (κ3) is 2.79. The normalized spacial score (nSPS) is 18.6. The summed E-state index contributed by atoms with van der Waals surface area (Å²) in [6.07, 6.45) is 2.89. The first kappa shape index (κ1) is 15.6. The van der Waals surface area contributed by atoms with Gasteiger partial charge in [-0.15, -0.1) is 0 Å². The lowest BCUT2D eigenvalue weighted by Crippen LogP contribution is -2.44. The summed E-state index contributed by atoms with van der Waals surface area (Å²) in [7, 11) is -1.80. The number of benzene rings is 1. The maximum absolute atomic E-state index is 10.4. The minimum Gasteiger partial charge on any atom is -0.543 e. The van der Waals surface area contributed by atoms with Crippen LogP contribution in [0.3, 0.4) is 0 Å². The number of hydrogen-bond acceptors (Lipinski definition) is 2. The summed E-state index contributed by atoms with van der Waals surface area (Å²) in [5.41, 5.74) is 1.59. The first-order chi connectivity index (χ1) is 9.05. The molecule has 0 unspecified atom stereocenters. The highest BCUT2D eigenvalue weighted by Crippen LogP contribution is 2.43. The van der Waals surface area contributed by atoms with Crippen LogP contribution in [-0.2, 0) is 5.60 Å². The lowest BCUT2D eigenvalue weighted by Gasteiger charge is -2.39. The highest BCUT2D eigenvalue weighted by molar-refractivity contribution is 6.74. The van der Waals surface area contributed by atoms with Crippen molar-refractivity contribution in [3.05, 3.63) is 29.3 Å². The Balaban J connectivity index is 2.23. The zero-order chi connectivity index (χ0) is 15.2. The van der Waals surface area contributed by atoms with Gasteiger partial charge < -0.3 is 9.53 Å². The Morgan fingerprint density at radius 2 is 1.80 bits per heavy atom. The summed E-state index contributed by atoms with van der Waals surface area (Å²) in [4.78, 5) is 0. The summed E-state index contributed by atoms with van der Waals surface area (Å²) in [6.45, 7) is 13.4. The van der Waals surface area contributed by atoms with E-state index in [1.807, 2.05) is 12.1 Å². The second-order valence-corrected chi connectivity index (χ2v) is 12.5. The molecule has 1 saturated carbocycles. The van der Waals surface area contributed by atoms with E-state index in [4.69, 9.17) is 4.43 Å². The fourth-order valence-corrected chi connectivity index (χ4v) is 3.37. The first-order valence-electron chi connectivity index (χ1n) is 7.58. The van der Waals surface area contributed by atoms with Gasteiger partial charge in [-0.3, -0.25) is 0 Å². The van der Waals surface area contributed by atoms with Crippen LogP contribution in [0.1, 0.15) is 51.2 Å². The highest BCUT2D eigenvalue weighted by atomic mass is 28.4. The van der Waals surface area contributed by atoms with Crippen molar-refractivity contribution < 1.29 is 9.53 Å². The molecular formula is C17H28O2Si. The van der Waals surface area contributed by atoms with Crippen LogP contribution in [0.15, 0.2) is 18.2 Å². The van der Waals surface area contributed by atoms with E-state index < -0.39 is 13.9 Å². The Kier molecular flexibility index (Phi) is 3.80. The maximum atomic E-state index is 10.4. The van der Waals surface area contributed by atoms with Crippen molar-refractivity contribution >= 4 is 8.32 Å². The molecule has 1 aromatic rings. The predicted octanol–water partition coefficient (Wildman–Crippen LogP) is 4.75. The van der Waals surface area contributed by atoms with Crippen molar-refractivity contribution in [2.24, 2.45) is 0 Å². The van der Waals surface area contributed by atoms with Crippen LogP contribution >= 0.6 is 0 Å². The standard InChI is InChI=1S/C17H28O2Si/c1-13-12-14(17(18)10-7-11-17)8-9-15(13)19-20(5,6)16(2,3)4/h8-9,12,18H,7,10-11H2,1-6H3. The molecule has 1 fully saturated rings. The third-order valence-electron chi connectivity index (χ3n) is 5.06. The van der Waals surface area contributed by atoms with Crippen LogP contribution in [-0.4, -0.2) is 13.4 Å². The van der Waals surface area contributed by atoms with Gasteiger partial charge >= 0.3 is 0 Å². The second-order valence-electron chi connectivity index (χ2n) is 7.73. The molecule has 0 amide bonds. The molecule has 0 spiro atoms. The van der Waals surface area contributed by atoms with Crippen LogP contribution in [0.4, 0.5) is 0 Å². The molecule has 112 valence electrons. The largest absolute Gasteiger partial charge is 0.543 e. The van der Waals surface area contributed by atoms with Crippen LogP contribution in [0.25, 0.3) is 0 Å². The van der Waals surface area contributed by atoms with E-state index in [2.05, 4.69) is 46.9 Å². The Morgan fingerprint density at radius 1 is 1.20 bits per heavy atom. The zero-order valence-electron chi connectivity index (χ0n) is 13.7. The van der Waals surface area contributed by atoms with Crippen molar-refractivity contribution in [3.63, 3.8) is 0 Å². The minimum atomic E-state index is -1.80. The fourth-order valence-electron chi connectivity index (χ4n) is 2.28. The zero-order valence-corrected chi connectivity index (χ0v) is 14.7. The molecule has 1 N–H and O–H groups in total. The van der Waals surface area contributed by atoms with E-state index in [1.165, 1.54) is 0 Å². The highest BCUT2D eigenvalue weighted by Gasteiger charge is 2.40. The molecule has 1 aliphatic carbocycles. The van der Waals surface area contributed by atoms with Gasteiger partial charge in [0.05, 0.1) is 5.60 Å². The van der Waals surface area contributed by atoms with E-state index >= 15 is 0 Å². The smallest absolute Gasteiger partial charge is 0.250 e. The van der Waals surface area contributed by atoms with Crippen molar-refractivity contribution in [2.45, 2.75) is 70.7 Å². The number of aryl methyl sites for hydroxylation is 1. The molecule has 0 heterocycles. The van der Waals surface area contributed by atoms with Crippen LogP contribution < -0.4 is 4.43 Å². The van der Waals surface area contributed by atoms with Crippen LogP contribution in [0.2, 0.25) is 18.1 Å². The van der Waals surface area contributed by atoms with Gasteiger partial charge in [0.2, 0.25) is 8.32 Å². The molecule has 2 rings (SSSR count). The van der Waals surface area contributed by atoms with E-state index in [9.17, 15) is 5.11 Å². The average Bonchev–Trinajstić information content (AvgIpc) is 2.27. The molecule has 0 bridgehead atoms. The number of hydrogen-bond donors (Lipinski definition) is 1. The Bertz CT molecular complexity index is 496. The van der Waals surface area contributed by atoms with Gasteiger partial charge in [-0.2, -0.15) is 0 Å². The van der Waals surface area contributed by atoms with Gasteiger partial charge in [0, 0.05) is 0 Å². The minimum absolute atomic E-state index is 0.199. The topological polar surface area (TPSA) is 29.5 Å². The average molecular weight is 292 g/mol. The molecule has 20 heavy (non-hydrogen) atoms. The van der Waals surface area contributed by atoms with Crippen molar-refractivity contribution in [2.75, 3.05) is 0 Å². The molecule has 0 atom stereocenters. The first-order valence-corrected chi connectivity index (χ1v) is 10.5. The molecule has 1 aromatic carbocycles. The number of rotatable bonds is 3. The van der Waals surface area contributed by atoms with Crippen molar-refractivity contribution in [3.8, 4) is 5.75 Å². The summed E-state index contributed by atoms with van der Waals surface area (Å²) >= 11 is 0. The predicted molar refractivity (Wildman–Crippen MR) is 86.8 cm³/mol. The van der Waals surface area contributed by atoms with Gasteiger partial charge in [-0.05, 0) is 67.6 Å². The van der Waals surface area contributed by atoms with Gasteiger partial charge in [0.1, 0.15) is 5.75 Å². The molecule has 0 aliphatic heterocycles. The van der Waals surface area contributed by atoms with Crippen molar-refractivity contribution in [1.82, 2.24) is 0 Å². The second kappa shape index (κ2) is 4.88.